The molecule has 1 fully saturated rings. The fraction of sp³-hybridized carbons (Fsp3) is 0.292. The molecule has 3 rings (SSSR count). The number of nitrogens with zero attached hydrogens (tertiary/aromatic N) is 5. The van der Waals surface area contributed by atoms with Crippen molar-refractivity contribution in [1.29, 1.82) is 0 Å². The van der Waals surface area contributed by atoms with Crippen LogP contribution >= 0.6 is 0 Å². The van der Waals surface area contributed by atoms with Crippen LogP contribution in [0.1, 0.15) is 36.1 Å². The number of benzene rings is 1. The Hall–Kier alpha value is -3.41. The number of likely N-dealkylation sites (tertiary alicyclic amines) is 1. The molecule has 0 aliphatic carbocycles. The van der Waals surface area contributed by atoms with E-state index in [4.69, 9.17) is 0 Å². The highest BCUT2D eigenvalue weighted by molar-refractivity contribution is 6.08. The number of hydrazone groups is 1. The van der Waals surface area contributed by atoms with Crippen molar-refractivity contribution in [2.45, 2.75) is 26.2 Å². The normalized spacial score (nSPS) is 15.5. The Labute approximate surface area is 179 Å². The molecular formula is C24H30N6. The molecule has 0 amide bonds. The molecule has 1 aliphatic rings. The minimum absolute atomic E-state index is 0.706. The quantitative estimate of drug-likeness (QED) is 0.398. The van der Waals surface area contributed by atoms with E-state index in [1.807, 2.05) is 29.0 Å². The standard InChI is InChI=1S/C24H30N6/c1-5-21-18-23(25-3)30(28-21)24(29-15-7-6-8-16-29)14-10-13-22(27-26-4)20-12-9-11-19(2)17-20/h5,9-14,17-18,26H,1,3,6-8,15-16H2,2,4H3/b13-10-,24-14-,27-22+. The molecule has 0 saturated carbocycles. The zero-order valence-electron chi connectivity index (χ0n) is 17.9. The van der Waals surface area contributed by atoms with Crippen LogP contribution < -0.4 is 5.43 Å². The third-order valence-corrected chi connectivity index (χ3v) is 5.02. The Balaban J connectivity index is 1.98. The van der Waals surface area contributed by atoms with Crippen molar-refractivity contribution >= 4 is 30.1 Å². The zero-order chi connectivity index (χ0) is 21.3. The van der Waals surface area contributed by atoms with E-state index in [1.165, 1.54) is 24.8 Å². The van der Waals surface area contributed by atoms with Crippen LogP contribution in [0.4, 0.5) is 5.82 Å². The molecule has 0 atom stereocenters. The van der Waals surface area contributed by atoms with E-state index in [9.17, 15) is 0 Å². The van der Waals surface area contributed by atoms with E-state index >= 15 is 0 Å². The van der Waals surface area contributed by atoms with Gasteiger partial charge in [0.05, 0.1) is 11.4 Å². The number of nitrogens with one attached hydrogen (secondary N) is 1. The molecule has 1 aliphatic heterocycles. The zero-order valence-corrected chi connectivity index (χ0v) is 17.9. The maximum atomic E-state index is 4.66. The molecule has 30 heavy (non-hydrogen) atoms. The van der Waals surface area contributed by atoms with Crippen LogP contribution in [-0.2, 0) is 0 Å². The molecule has 0 radical (unpaired) electrons. The Morgan fingerprint density at radius 3 is 2.67 bits per heavy atom. The van der Waals surface area contributed by atoms with Crippen LogP contribution in [0, 0.1) is 6.92 Å². The van der Waals surface area contributed by atoms with Crippen molar-refractivity contribution in [2.24, 2.45) is 10.1 Å². The van der Waals surface area contributed by atoms with Crippen LogP contribution in [0.5, 0.6) is 0 Å². The highest BCUT2D eigenvalue weighted by Crippen LogP contribution is 2.25. The second-order valence-corrected chi connectivity index (χ2v) is 7.22. The second kappa shape index (κ2) is 10.4. The lowest BCUT2D eigenvalue weighted by Crippen LogP contribution is -2.31. The first-order chi connectivity index (χ1) is 14.7. The number of allylic oxidation sites excluding steroid dienone is 3. The number of hydrogen-bond donors (Lipinski definition) is 1. The van der Waals surface area contributed by atoms with Crippen molar-refractivity contribution in [3.8, 4) is 0 Å². The average Bonchev–Trinajstić information content (AvgIpc) is 3.20. The van der Waals surface area contributed by atoms with E-state index in [-0.39, 0.29) is 0 Å². The topological polar surface area (TPSA) is 57.8 Å². The van der Waals surface area contributed by atoms with Crippen LogP contribution in [0.25, 0.3) is 11.9 Å². The minimum atomic E-state index is 0.706. The van der Waals surface area contributed by atoms with Crippen molar-refractivity contribution in [3.05, 3.63) is 72.0 Å². The molecule has 6 nitrogen and oxygen atoms in total. The summed E-state index contributed by atoms with van der Waals surface area (Å²) in [6.45, 7) is 11.6. The summed E-state index contributed by atoms with van der Waals surface area (Å²) in [7, 11) is 1.81. The molecule has 0 spiro atoms. The van der Waals surface area contributed by atoms with E-state index < -0.39 is 0 Å². The third kappa shape index (κ3) is 5.14. The molecule has 6 heteroatoms. The Morgan fingerprint density at radius 2 is 2.00 bits per heavy atom. The number of piperidine rings is 1. The minimum Gasteiger partial charge on any atom is -0.357 e. The first-order valence-electron chi connectivity index (χ1n) is 10.3. The average molecular weight is 403 g/mol. The van der Waals surface area contributed by atoms with Gasteiger partial charge in [-0.15, -0.1) is 0 Å². The van der Waals surface area contributed by atoms with Gasteiger partial charge >= 0.3 is 0 Å². The van der Waals surface area contributed by atoms with Gasteiger partial charge in [-0.05, 0) is 57.2 Å². The molecule has 2 aromatic rings. The lowest BCUT2D eigenvalue weighted by Gasteiger charge is -2.31. The number of hydrogen-bond acceptors (Lipinski definition) is 5. The summed E-state index contributed by atoms with van der Waals surface area (Å²) in [4.78, 5) is 6.51. The number of aromatic nitrogens is 2. The molecule has 1 aromatic heterocycles. The highest BCUT2D eigenvalue weighted by Gasteiger charge is 2.18. The highest BCUT2D eigenvalue weighted by atomic mass is 15.4. The van der Waals surface area contributed by atoms with Gasteiger partial charge in [0.2, 0.25) is 0 Å². The fourth-order valence-corrected chi connectivity index (χ4v) is 3.55. The first-order valence-corrected chi connectivity index (χ1v) is 10.3. The molecule has 0 bridgehead atoms. The van der Waals surface area contributed by atoms with Crippen molar-refractivity contribution in [2.75, 3.05) is 20.1 Å². The smallest absolute Gasteiger partial charge is 0.157 e. The van der Waals surface area contributed by atoms with E-state index in [2.05, 4.69) is 70.0 Å². The Morgan fingerprint density at radius 1 is 1.20 bits per heavy atom. The number of aliphatic imine (C=N–C) groups is 1. The summed E-state index contributed by atoms with van der Waals surface area (Å²) >= 11 is 0. The number of aryl methyl sites for hydroxylation is 1. The van der Waals surface area contributed by atoms with Crippen LogP contribution in [0.2, 0.25) is 0 Å². The fourth-order valence-electron chi connectivity index (χ4n) is 3.55. The van der Waals surface area contributed by atoms with E-state index in [1.54, 1.807) is 13.1 Å². The number of rotatable bonds is 8. The monoisotopic (exact) mass is 402 g/mol. The van der Waals surface area contributed by atoms with Crippen LogP contribution in [0.15, 0.2) is 65.2 Å². The summed E-state index contributed by atoms with van der Waals surface area (Å²) in [5.74, 6) is 1.69. The van der Waals surface area contributed by atoms with Crippen molar-refractivity contribution < 1.29 is 0 Å². The van der Waals surface area contributed by atoms with Gasteiger partial charge in [-0.2, -0.15) is 14.9 Å². The van der Waals surface area contributed by atoms with Gasteiger partial charge in [0.25, 0.3) is 0 Å². The summed E-state index contributed by atoms with van der Waals surface area (Å²) in [6, 6.07) is 10.2. The van der Waals surface area contributed by atoms with Gasteiger partial charge < -0.3 is 10.3 Å². The van der Waals surface area contributed by atoms with Crippen LogP contribution in [-0.4, -0.2) is 47.2 Å². The molecule has 1 aromatic carbocycles. The summed E-state index contributed by atoms with van der Waals surface area (Å²) in [5, 5.41) is 9.10. The molecule has 2 heterocycles. The maximum Gasteiger partial charge on any atom is 0.157 e. The van der Waals surface area contributed by atoms with Gasteiger partial charge in [-0.1, -0.05) is 36.4 Å². The molecule has 1 saturated heterocycles. The molecule has 156 valence electrons. The van der Waals surface area contributed by atoms with Gasteiger partial charge in [-0.25, -0.2) is 4.99 Å². The molecule has 0 unspecified atom stereocenters. The van der Waals surface area contributed by atoms with Crippen LogP contribution in [0.3, 0.4) is 0 Å². The predicted molar refractivity (Wildman–Crippen MR) is 127 cm³/mol. The first kappa shape index (κ1) is 21.3. The van der Waals surface area contributed by atoms with Gasteiger partial charge in [0.15, 0.2) is 5.82 Å². The SMILES string of the molecule is C=Cc1cc(N=C)n(\C(=C/C=C\C(=N/NC)c2cccc(C)c2)N2CCCCC2)n1. The third-order valence-electron chi connectivity index (χ3n) is 5.02. The summed E-state index contributed by atoms with van der Waals surface area (Å²) < 4.78 is 1.85. The van der Waals surface area contributed by atoms with E-state index in [0.717, 1.165) is 35.9 Å². The van der Waals surface area contributed by atoms with Crippen molar-refractivity contribution in [1.82, 2.24) is 20.1 Å². The Kier molecular flexibility index (Phi) is 7.38. The molecule has 1 N–H and O–H groups in total. The maximum absolute atomic E-state index is 4.66. The van der Waals surface area contributed by atoms with Gasteiger partial charge in [0.1, 0.15) is 5.82 Å². The predicted octanol–water partition coefficient (Wildman–Crippen LogP) is 4.63. The second-order valence-electron chi connectivity index (χ2n) is 7.22. The lowest BCUT2D eigenvalue weighted by molar-refractivity contribution is 0.310. The van der Waals surface area contributed by atoms with Gasteiger partial charge in [-0.3, -0.25) is 0 Å². The lowest BCUT2D eigenvalue weighted by atomic mass is 10.1. The largest absolute Gasteiger partial charge is 0.357 e. The Bertz CT molecular complexity index is 973. The van der Waals surface area contributed by atoms with Gasteiger partial charge in [0, 0.05) is 31.8 Å². The summed E-state index contributed by atoms with van der Waals surface area (Å²) in [6.07, 6.45) is 11.4. The van der Waals surface area contributed by atoms with Crippen molar-refractivity contribution in [3.63, 3.8) is 0 Å². The van der Waals surface area contributed by atoms with E-state index in [0.29, 0.717) is 5.82 Å². The molecular weight excluding hydrogens is 372 g/mol. The summed E-state index contributed by atoms with van der Waals surface area (Å²) in [5.41, 5.74) is 6.81.